The van der Waals surface area contributed by atoms with Gasteiger partial charge in [0, 0.05) is 5.02 Å². The van der Waals surface area contributed by atoms with E-state index in [9.17, 15) is 4.79 Å². The third-order valence-electron chi connectivity index (χ3n) is 2.59. The van der Waals surface area contributed by atoms with Crippen LogP contribution in [-0.2, 0) is 4.79 Å². The van der Waals surface area contributed by atoms with Crippen molar-refractivity contribution in [2.24, 2.45) is 0 Å². The van der Waals surface area contributed by atoms with Gasteiger partial charge in [0.2, 0.25) is 5.91 Å². The highest BCUT2D eigenvalue weighted by molar-refractivity contribution is 6.39. The fourth-order valence-corrected chi connectivity index (χ4v) is 2.49. The number of hydrogen-bond donors (Lipinski definition) is 2. The van der Waals surface area contributed by atoms with Crippen molar-refractivity contribution in [3.8, 4) is 0 Å². The second-order valence-corrected chi connectivity index (χ2v) is 5.78. The first kappa shape index (κ1) is 16.2. The fourth-order valence-electron chi connectivity index (χ4n) is 1.62. The molecule has 0 aliphatic rings. The van der Waals surface area contributed by atoms with Gasteiger partial charge >= 0.3 is 0 Å². The number of anilines is 2. The van der Waals surface area contributed by atoms with E-state index in [2.05, 4.69) is 10.6 Å². The van der Waals surface area contributed by atoms with E-state index in [1.807, 2.05) is 0 Å². The number of hydrogen-bond acceptors (Lipinski definition) is 2. The Bertz CT molecular complexity index is 656. The summed E-state index contributed by atoms with van der Waals surface area (Å²) in [5.41, 5.74) is 0.953. The van der Waals surface area contributed by atoms with Crippen molar-refractivity contribution in [3.63, 3.8) is 0 Å². The van der Waals surface area contributed by atoms with Gasteiger partial charge in [0.15, 0.2) is 0 Å². The molecule has 2 aromatic rings. The van der Waals surface area contributed by atoms with Gasteiger partial charge in [-0.3, -0.25) is 4.79 Å². The Morgan fingerprint density at radius 1 is 0.952 bits per heavy atom. The summed E-state index contributed by atoms with van der Waals surface area (Å²) in [7, 11) is 0. The monoisotopic (exact) mass is 362 g/mol. The highest BCUT2D eigenvalue weighted by Crippen LogP contribution is 2.29. The third-order valence-corrected chi connectivity index (χ3v) is 3.79. The van der Waals surface area contributed by atoms with Crippen LogP contribution in [0.25, 0.3) is 0 Å². The first-order valence-electron chi connectivity index (χ1n) is 5.90. The molecule has 0 atom stereocenters. The number of para-hydroxylation sites is 1. The molecule has 21 heavy (non-hydrogen) atoms. The molecule has 0 aliphatic carbocycles. The van der Waals surface area contributed by atoms with E-state index in [1.165, 1.54) is 0 Å². The van der Waals surface area contributed by atoms with Gasteiger partial charge in [-0.15, -0.1) is 0 Å². The van der Waals surface area contributed by atoms with Gasteiger partial charge in [-0.05, 0) is 30.3 Å². The number of rotatable bonds is 4. The molecule has 1 amide bonds. The second-order valence-electron chi connectivity index (χ2n) is 4.12. The molecule has 0 spiro atoms. The van der Waals surface area contributed by atoms with Gasteiger partial charge in [-0.2, -0.15) is 0 Å². The molecule has 0 aliphatic heterocycles. The summed E-state index contributed by atoms with van der Waals surface area (Å²) in [5, 5.41) is 7.31. The molecular formula is C14H10Cl4N2O. The Labute approximate surface area is 142 Å². The van der Waals surface area contributed by atoms with E-state index in [-0.39, 0.29) is 12.5 Å². The summed E-state index contributed by atoms with van der Waals surface area (Å²) in [5.74, 6) is -0.296. The molecule has 110 valence electrons. The maximum atomic E-state index is 11.9. The van der Waals surface area contributed by atoms with Crippen molar-refractivity contribution in [1.82, 2.24) is 0 Å². The number of halogens is 4. The summed E-state index contributed by atoms with van der Waals surface area (Å²) in [6.45, 7) is -0.00764. The highest BCUT2D eigenvalue weighted by Gasteiger charge is 2.09. The zero-order valence-electron chi connectivity index (χ0n) is 10.6. The lowest BCUT2D eigenvalue weighted by Crippen LogP contribution is -2.22. The quantitative estimate of drug-likeness (QED) is 0.768. The Hall–Kier alpha value is -1.13. The minimum absolute atomic E-state index is 0.00764. The zero-order valence-corrected chi connectivity index (χ0v) is 13.6. The van der Waals surface area contributed by atoms with Crippen molar-refractivity contribution in [1.29, 1.82) is 0 Å². The molecule has 0 radical (unpaired) electrons. The average Bonchev–Trinajstić information content (AvgIpc) is 2.42. The minimum Gasteiger partial charge on any atom is -0.374 e. The Balaban J connectivity index is 2.01. The van der Waals surface area contributed by atoms with E-state index in [0.717, 1.165) is 0 Å². The molecule has 0 saturated heterocycles. The normalized spacial score (nSPS) is 10.3. The predicted molar refractivity (Wildman–Crippen MR) is 90.0 cm³/mol. The summed E-state index contributed by atoms with van der Waals surface area (Å²) in [4.78, 5) is 11.9. The predicted octanol–water partition coefficient (Wildman–Crippen LogP) is 5.35. The summed E-state index contributed by atoms with van der Waals surface area (Å²) in [6.07, 6.45) is 0. The van der Waals surface area contributed by atoms with E-state index in [1.54, 1.807) is 36.4 Å². The largest absolute Gasteiger partial charge is 0.374 e. The van der Waals surface area contributed by atoms with E-state index < -0.39 is 0 Å². The van der Waals surface area contributed by atoms with Gasteiger partial charge in [0.1, 0.15) is 0 Å². The lowest BCUT2D eigenvalue weighted by atomic mass is 10.3. The van der Waals surface area contributed by atoms with Crippen LogP contribution in [0.15, 0.2) is 36.4 Å². The lowest BCUT2D eigenvalue weighted by molar-refractivity contribution is -0.114. The van der Waals surface area contributed by atoms with E-state index >= 15 is 0 Å². The number of benzene rings is 2. The molecule has 0 fully saturated rings. The van der Waals surface area contributed by atoms with Crippen LogP contribution < -0.4 is 10.6 Å². The molecule has 7 heteroatoms. The van der Waals surface area contributed by atoms with Gasteiger partial charge < -0.3 is 10.6 Å². The maximum absolute atomic E-state index is 11.9. The molecular weight excluding hydrogens is 354 g/mol. The molecule has 2 rings (SSSR count). The first-order chi connectivity index (χ1) is 9.97. The molecule has 0 saturated carbocycles. The second kappa shape index (κ2) is 7.23. The fraction of sp³-hybridized carbons (Fsp3) is 0.0714. The van der Waals surface area contributed by atoms with Gasteiger partial charge in [-0.1, -0.05) is 52.5 Å². The number of carbonyl (C=O) groups is 1. The summed E-state index contributed by atoms with van der Waals surface area (Å²) < 4.78 is 0. The molecule has 0 heterocycles. The van der Waals surface area contributed by atoms with Crippen molar-refractivity contribution in [3.05, 3.63) is 56.5 Å². The number of carbonyl (C=O) groups excluding carboxylic acids is 1. The average molecular weight is 364 g/mol. The van der Waals surface area contributed by atoms with Gasteiger partial charge in [-0.25, -0.2) is 0 Å². The van der Waals surface area contributed by atoms with Crippen LogP contribution in [0.2, 0.25) is 20.1 Å². The van der Waals surface area contributed by atoms with Crippen molar-refractivity contribution in [2.75, 3.05) is 17.2 Å². The molecule has 0 unspecified atom stereocenters. The Morgan fingerprint density at radius 3 is 2.29 bits per heavy atom. The summed E-state index contributed by atoms with van der Waals surface area (Å²) >= 11 is 23.8. The zero-order chi connectivity index (χ0) is 15.4. The Morgan fingerprint density at radius 2 is 1.62 bits per heavy atom. The minimum atomic E-state index is -0.296. The van der Waals surface area contributed by atoms with Crippen LogP contribution >= 0.6 is 46.4 Å². The smallest absolute Gasteiger partial charge is 0.243 e. The maximum Gasteiger partial charge on any atom is 0.243 e. The van der Waals surface area contributed by atoms with Crippen LogP contribution in [0.3, 0.4) is 0 Å². The molecule has 2 aromatic carbocycles. The molecule has 0 bridgehead atoms. The van der Waals surface area contributed by atoms with Crippen LogP contribution in [0.1, 0.15) is 0 Å². The van der Waals surface area contributed by atoms with Crippen LogP contribution in [0.4, 0.5) is 11.4 Å². The third kappa shape index (κ3) is 4.42. The molecule has 0 aromatic heterocycles. The molecule has 2 N–H and O–H groups in total. The SMILES string of the molecule is O=C(CNc1c(Cl)cccc1Cl)Nc1cc(Cl)ccc1Cl. The van der Waals surface area contributed by atoms with E-state index in [4.69, 9.17) is 46.4 Å². The number of amides is 1. The van der Waals surface area contributed by atoms with Gasteiger partial charge in [0.05, 0.1) is 33.0 Å². The van der Waals surface area contributed by atoms with Crippen LogP contribution in [0, 0.1) is 0 Å². The van der Waals surface area contributed by atoms with Gasteiger partial charge in [0.25, 0.3) is 0 Å². The van der Waals surface area contributed by atoms with E-state index in [0.29, 0.717) is 31.5 Å². The molecule has 3 nitrogen and oxygen atoms in total. The topological polar surface area (TPSA) is 41.1 Å². The van der Waals surface area contributed by atoms with Crippen LogP contribution in [-0.4, -0.2) is 12.5 Å². The van der Waals surface area contributed by atoms with Crippen molar-refractivity contribution >= 4 is 63.7 Å². The number of nitrogens with one attached hydrogen (secondary N) is 2. The van der Waals surface area contributed by atoms with Crippen molar-refractivity contribution < 1.29 is 4.79 Å². The Kier molecular flexibility index (Phi) is 5.59. The lowest BCUT2D eigenvalue weighted by Gasteiger charge is -2.11. The first-order valence-corrected chi connectivity index (χ1v) is 7.41. The van der Waals surface area contributed by atoms with Crippen molar-refractivity contribution in [2.45, 2.75) is 0 Å². The summed E-state index contributed by atoms with van der Waals surface area (Å²) in [6, 6.07) is 9.91. The highest BCUT2D eigenvalue weighted by atomic mass is 35.5. The standard InChI is InChI=1S/C14H10Cl4N2O/c15-8-4-5-9(16)12(6-8)20-13(21)7-19-14-10(17)2-1-3-11(14)18/h1-6,19H,7H2,(H,20,21). The van der Waals surface area contributed by atoms with Crippen LogP contribution in [0.5, 0.6) is 0 Å².